The van der Waals surface area contributed by atoms with E-state index in [1.165, 1.54) is 31.4 Å². The van der Waals surface area contributed by atoms with Crippen LogP contribution in [0.3, 0.4) is 0 Å². The van der Waals surface area contributed by atoms with Gasteiger partial charge in [0.05, 0.1) is 0 Å². The van der Waals surface area contributed by atoms with Gasteiger partial charge in [0.2, 0.25) is 0 Å². The predicted octanol–water partition coefficient (Wildman–Crippen LogP) is 4.97. The number of benzene rings is 1. The number of alkyl halides is 3. The van der Waals surface area contributed by atoms with E-state index in [2.05, 4.69) is 17.0 Å². The molecule has 0 heterocycles. The molecule has 1 aromatic rings. The summed E-state index contributed by atoms with van der Waals surface area (Å²) >= 11 is 0. The van der Waals surface area contributed by atoms with Crippen molar-refractivity contribution in [2.45, 2.75) is 51.4 Å². The van der Waals surface area contributed by atoms with Crippen molar-refractivity contribution < 1.29 is 17.9 Å². The van der Waals surface area contributed by atoms with Crippen molar-refractivity contribution in [3.63, 3.8) is 0 Å². The number of hydrogen-bond acceptors (Lipinski definition) is 2. The van der Waals surface area contributed by atoms with Crippen molar-refractivity contribution in [1.29, 1.82) is 0 Å². The molecule has 0 radical (unpaired) electrons. The van der Waals surface area contributed by atoms with Crippen molar-refractivity contribution in [3.8, 4) is 5.75 Å². The number of rotatable bonds is 4. The lowest BCUT2D eigenvalue weighted by molar-refractivity contribution is -0.274. The third-order valence-corrected chi connectivity index (χ3v) is 3.87. The molecule has 0 amide bonds. The molecule has 0 aliphatic heterocycles. The van der Waals surface area contributed by atoms with Crippen molar-refractivity contribution in [2.75, 3.05) is 5.32 Å². The van der Waals surface area contributed by atoms with Crippen LogP contribution in [0.2, 0.25) is 0 Å². The summed E-state index contributed by atoms with van der Waals surface area (Å²) in [6, 6.07) is 6.40. The molecule has 1 saturated carbocycles. The molecule has 20 heavy (non-hydrogen) atoms. The van der Waals surface area contributed by atoms with Crippen LogP contribution in [0.15, 0.2) is 24.3 Å². The van der Waals surface area contributed by atoms with Crippen LogP contribution >= 0.6 is 0 Å². The van der Waals surface area contributed by atoms with Gasteiger partial charge in [0.15, 0.2) is 0 Å². The van der Waals surface area contributed by atoms with Gasteiger partial charge >= 0.3 is 6.36 Å². The molecule has 2 unspecified atom stereocenters. The van der Waals surface area contributed by atoms with Gasteiger partial charge in [-0.2, -0.15) is 0 Å². The Morgan fingerprint density at radius 3 is 2.40 bits per heavy atom. The van der Waals surface area contributed by atoms with E-state index in [-0.39, 0.29) is 5.75 Å². The maximum Gasteiger partial charge on any atom is 0.573 e. The van der Waals surface area contributed by atoms with Crippen LogP contribution in [0.4, 0.5) is 18.9 Å². The first-order valence-corrected chi connectivity index (χ1v) is 7.10. The Bertz CT molecular complexity index is 416. The quantitative estimate of drug-likeness (QED) is 0.844. The normalized spacial score (nSPS) is 23.4. The van der Waals surface area contributed by atoms with Crippen LogP contribution in [-0.4, -0.2) is 12.4 Å². The minimum Gasteiger partial charge on any atom is -0.406 e. The third kappa shape index (κ3) is 4.32. The molecule has 1 aliphatic rings. The molecular weight excluding hydrogens is 267 g/mol. The standard InChI is InChI=1S/C15H20F3NO/c1-2-11-5-3-4-6-14(11)19-12-7-9-13(10-8-12)20-15(16,17)18/h7-11,14,19H,2-6H2,1H3. The number of anilines is 1. The van der Waals surface area contributed by atoms with Crippen molar-refractivity contribution >= 4 is 5.69 Å². The molecule has 1 fully saturated rings. The van der Waals surface area contributed by atoms with Crippen molar-refractivity contribution in [1.82, 2.24) is 0 Å². The lowest BCUT2D eigenvalue weighted by atomic mass is 9.83. The van der Waals surface area contributed by atoms with E-state index in [9.17, 15) is 13.2 Å². The summed E-state index contributed by atoms with van der Waals surface area (Å²) in [5.74, 6) is 0.466. The molecule has 1 aliphatic carbocycles. The van der Waals surface area contributed by atoms with Crippen molar-refractivity contribution in [2.24, 2.45) is 5.92 Å². The Hall–Kier alpha value is -1.39. The molecular formula is C15H20F3NO. The summed E-state index contributed by atoms with van der Waals surface area (Å²) in [7, 11) is 0. The highest BCUT2D eigenvalue weighted by Gasteiger charge is 2.31. The van der Waals surface area contributed by atoms with Crippen LogP contribution < -0.4 is 10.1 Å². The summed E-state index contributed by atoms with van der Waals surface area (Å²) in [6.07, 6.45) is 1.33. The second-order valence-corrected chi connectivity index (χ2v) is 5.28. The molecule has 0 saturated heterocycles. The molecule has 1 aromatic carbocycles. The average molecular weight is 287 g/mol. The van der Waals surface area contributed by atoms with Crippen LogP contribution in [0.25, 0.3) is 0 Å². The first-order chi connectivity index (χ1) is 9.48. The molecule has 5 heteroatoms. The summed E-state index contributed by atoms with van der Waals surface area (Å²) in [6.45, 7) is 2.19. The Morgan fingerprint density at radius 2 is 1.80 bits per heavy atom. The summed E-state index contributed by atoms with van der Waals surface area (Å²) in [4.78, 5) is 0. The Balaban J connectivity index is 1.96. The molecule has 0 aromatic heterocycles. The number of nitrogens with one attached hydrogen (secondary N) is 1. The SMILES string of the molecule is CCC1CCCCC1Nc1ccc(OC(F)(F)F)cc1. The van der Waals surface area contributed by atoms with Gasteiger partial charge in [-0.15, -0.1) is 13.2 Å². The van der Waals surface area contributed by atoms with Crippen molar-refractivity contribution in [3.05, 3.63) is 24.3 Å². The lowest BCUT2D eigenvalue weighted by Crippen LogP contribution is -2.31. The van der Waals surface area contributed by atoms with Crippen LogP contribution in [0.1, 0.15) is 39.0 Å². The van der Waals surface area contributed by atoms with E-state index in [0.717, 1.165) is 18.5 Å². The minimum atomic E-state index is -4.63. The molecule has 2 atom stereocenters. The van der Waals surface area contributed by atoms with Gasteiger partial charge in [-0.25, -0.2) is 0 Å². The first-order valence-electron chi connectivity index (χ1n) is 7.10. The highest BCUT2D eigenvalue weighted by Crippen LogP contribution is 2.30. The second-order valence-electron chi connectivity index (χ2n) is 5.28. The number of hydrogen-bond donors (Lipinski definition) is 1. The van der Waals surface area contributed by atoms with Crippen LogP contribution in [0.5, 0.6) is 5.75 Å². The van der Waals surface area contributed by atoms with E-state index in [4.69, 9.17) is 0 Å². The fourth-order valence-electron chi connectivity index (χ4n) is 2.85. The average Bonchev–Trinajstić information content (AvgIpc) is 2.40. The van der Waals surface area contributed by atoms with Gasteiger partial charge in [-0.3, -0.25) is 0 Å². The Labute approximate surface area is 117 Å². The van der Waals surface area contributed by atoms with Gasteiger partial charge < -0.3 is 10.1 Å². The summed E-state index contributed by atoms with van der Waals surface area (Å²) < 4.78 is 40.1. The minimum absolute atomic E-state index is 0.182. The molecule has 1 N–H and O–H groups in total. The van der Waals surface area contributed by atoms with Gasteiger partial charge in [0.1, 0.15) is 5.75 Å². The predicted molar refractivity (Wildman–Crippen MR) is 72.8 cm³/mol. The Morgan fingerprint density at radius 1 is 1.15 bits per heavy atom. The second kappa shape index (κ2) is 6.37. The lowest BCUT2D eigenvalue weighted by Gasteiger charge is -2.32. The zero-order valence-electron chi connectivity index (χ0n) is 11.5. The highest BCUT2D eigenvalue weighted by molar-refractivity contribution is 5.47. The molecule has 2 nitrogen and oxygen atoms in total. The van der Waals surface area contributed by atoms with Gasteiger partial charge in [-0.1, -0.05) is 26.2 Å². The third-order valence-electron chi connectivity index (χ3n) is 3.87. The van der Waals surface area contributed by atoms with E-state index in [1.54, 1.807) is 12.1 Å². The number of ether oxygens (including phenoxy) is 1. The molecule has 0 spiro atoms. The van der Waals surface area contributed by atoms with E-state index in [0.29, 0.717) is 12.0 Å². The fourth-order valence-corrected chi connectivity index (χ4v) is 2.85. The van der Waals surface area contributed by atoms with Gasteiger partial charge in [-0.05, 0) is 43.0 Å². The van der Waals surface area contributed by atoms with E-state index in [1.807, 2.05) is 0 Å². The molecule has 0 bridgehead atoms. The van der Waals surface area contributed by atoms with Crippen LogP contribution in [-0.2, 0) is 0 Å². The smallest absolute Gasteiger partial charge is 0.406 e. The first kappa shape index (κ1) is 15.0. The zero-order valence-corrected chi connectivity index (χ0v) is 11.5. The van der Waals surface area contributed by atoms with Gasteiger partial charge in [0.25, 0.3) is 0 Å². The maximum absolute atomic E-state index is 12.1. The largest absolute Gasteiger partial charge is 0.573 e. The monoisotopic (exact) mass is 287 g/mol. The van der Waals surface area contributed by atoms with E-state index < -0.39 is 6.36 Å². The van der Waals surface area contributed by atoms with E-state index >= 15 is 0 Å². The zero-order chi connectivity index (χ0) is 14.6. The fraction of sp³-hybridized carbons (Fsp3) is 0.600. The topological polar surface area (TPSA) is 21.3 Å². The summed E-state index contributed by atoms with van der Waals surface area (Å²) in [5, 5.41) is 3.44. The number of halogens is 3. The molecule has 2 rings (SSSR count). The van der Waals surface area contributed by atoms with Crippen LogP contribution in [0, 0.1) is 5.92 Å². The van der Waals surface area contributed by atoms with Gasteiger partial charge in [0, 0.05) is 11.7 Å². The maximum atomic E-state index is 12.1. The Kier molecular flexibility index (Phi) is 4.78. The molecule has 112 valence electrons. The highest BCUT2D eigenvalue weighted by atomic mass is 19.4. The summed E-state index contributed by atoms with van der Waals surface area (Å²) in [5.41, 5.74) is 0.852.